The van der Waals surface area contributed by atoms with E-state index in [9.17, 15) is 13.2 Å². The molecule has 1 atom stereocenters. The van der Waals surface area contributed by atoms with Gasteiger partial charge in [0.25, 0.3) is 0 Å². The Morgan fingerprint density at radius 3 is 2.60 bits per heavy atom. The number of carboxylic acid groups (broad SMARTS) is 1. The molecule has 1 aromatic carbocycles. The van der Waals surface area contributed by atoms with E-state index in [4.69, 9.17) is 9.84 Å². The van der Waals surface area contributed by atoms with Crippen molar-refractivity contribution in [2.24, 2.45) is 0 Å². The maximum atomic E-state index is 12.1. The van der Waals surface area contributed by atoms with E-state index in [1.54, 1.807) is 6.92 Å². The van der Waals surface area contributed by atoms with E-state index >= 15 is 0 Å². The van der Waals surface area contributed by atoms with Gasteiger partial charge in [0.2, 0.25) is 10.0 Å². The van der Waals surface area contributed by atoms with Crippen molar-refractivity contribution >= 4 is 31.9 Å². The Kier molecular flexibility index (Phi) is 5.97. The van der Waals surface area contributed by atoms with Gasteiger partial charge >= 0.3 is 5.97 Å². The second-order valence-corrected chi connectivity index (χ2v) is 6.67. The quantitative estimate of drug-likeness (QED) is 0.770. The van der Waals surface area contributed by atoms with Gasteiger partial charge < -0.3 is 9.84 Å². The number of nitrogens with one attached hydrogen (secondary N) is 1. The zero-order valence-electron chi connectivity index (χ0n) is 11.1. The topological polar surface area (TPSA) is 92.7 Å². The second kappa shape index (κ2) is 7.05. The van der Waals surface area contributed by atoms with Gasteiger partial charge in [-0.2, -0.15) is 4.72 Å². The van der Waals surface area contributed by atoms with Crippen LogP contribution in [0.15, 0.2) is 27.6 Å². The van der Waals surface area contributed by atoms with Crippen molar-refractivity contribution in [2.45, 2.75) is 30.7 Å². The van der Waals surface area contributed by atoms with Gasteiger partial charge in [-0.25, -0.2) is 8.42 Å². The first-order chi connectivity index (χ1) is 9.31. The Morgan fingerprint density at radius 1 is 1.50 bits per heavy atom. The third kappa shape index (κ3) is 4.19. The Bertz CT molecular complexity index is 588. The molecule has 20 heavy (non-hydrogen) atoms. The predicted octanol–water partition coefficient (Wildman–Crippen LogP) is 1.99. The molecule has 0 aliphatic rings. The summed E-state index contributed by atoms with van der Waals surface area (Å²) in [7, 11) is -2.42. The molecule has 0 heterocycles. The molecule has 0 saturated heterocycles. The minimum absolute atomic E-state index is 0.0208. The molecule has 6 nitrogen and oxygen atoms in total. The summed E-state index contributed by atoms with van der Waals surface area (Å²) in [6.45, 7) is 1.79. The van der Waals surface area contributed by atoms with Crippen molar-refractivity contribution in [2.75, 3.05) is 7.11 Å². The number of methoxy groups -OCH3 is 1. The Morgan fingerprint density at radius 2 is 2.15 bits per heavy atom. The molecule has 0 aliphatic carbocycles. The molecule has 0 amide bonds. The van der Waals surface area contributed by atoms with Gasteiger partial charge in [-0.1, -0.05) is 13.3 Å². The first kappa shape index (κ1) is 16.9. The highest BCUT2D eigenvalue weighted by Gasteiger charge is 2.25. The molecule has 2 N–H and O–H groups in total. The molecular weight excluding hydrogens is 350 g/mol. The van der Waals surface area contributed by atoms with Gasteiger partial charge in [0.05, 0.1) is 16.5 Å². The number of hydrogen-bond acceptors (Lipinski definition) is 4. The van der Waals surface area contributed by atoms with E-state index in [0.717, 1.165) is 0 Å². The molecule has 0 fully saturated rings. The molecule has 0 aliphatic heterocycles. The third-order valence-corrected chi connectivity index (χ3v) is 4.70. The SMILES string of the molecule is CCC[C@@H](NS(=O)(=O)c1ccc(OC)c(Br)c1)C(=O)O. The van der Waals surface area contributed by atoms with Gasteiger partial charge in [0.15, 0.2) is 0 Å². The molecular formula is C12H16BrNO5S. The number of ether oxygens (including phenoxy) is 1. The summed E-state index contributed by atoms with van der Waals surface area (Å²) in [4.78, 5) is 11.0. The summed E-state index contributed by atoms with van der Waals surface area (Å²) in [5, 5.41) is 9.00. The monoisotopic (exact) mass is 365 g/mol. The minimum Gasteiger partial charge on any atom is -0.496 e. The standard InChI is InChI=1S/C12H16BrNO5S/c1-3-4-10(12(15)16)14-20(17,18)8-5-6-11(19-2)9(13)7-8/h5-7,10,14H,3-4H2,1-2H3,(H,15,16)/t10-/m1/s1. The van der Waals surface area contributed by atoms with Crippen molar-refractivity contribution < 1.29 is 23.1 Å². The van der Waals surface area contributed by atoms with Crippen LogP contribution in [0.25, 0.3) is 0 Å². The highest BCUT2D eigenvalue weighted by atomic mass is 79.9. The molecule has 0 spiro atoms. The lowest BCUT2D eigenvalue weighted by atomic mass is 10.2. The fraction of sp³-hybridized carbons (Fsp3) is 0.417. The molecule has 0 saturated carbocycles. The number of sulfonamides is 1. The average Bonchev–Trinajstić information content (AvgIpc) is 2.37. The number of rotatable bonds is 7. The highest BCUT2D eigenvalue weighted by Crippen LogP contribution is 2.27. The number of carbonyl (C=O) groups is 1. The van der Waals surface area contributed by atoms with E-state index < -0.39 is 22.0 Å². The van der Waals surface area contributed by atoms with Gasteiger partial charge in [0.1, 0.15) is 11.8 Å². The zero-order chi connectivity index (χ0) is 15.3. The minimum atomic E-state index is -3.89. The van der Waals surface area contributed by atoms with Crippen molar-refractivity contribution in [3.63, 3.8) is 0 Å². The molecule has 1 aromatic rings. The van der Waals surface area contributed by atoms with Crippen LogP contribution in [0.2, 0.25) is 0 Å². The van der Waals surface area contributed by atoms with Crippen LogP contribution in [0.3, 0.4) is 0 Å². The lowest BCUT2D eigenvalue weighted by molar-refractivity contribution is -0.139. The fourth-order valence-electron chi connectivity index (χ4n) is 1.59. The van der Waals surface area contributed by atoms with Crippen LogP contribution in [0.4, 0.5) is 0 Å². The summed E-state index contributed by atoms with van der Waals surface area (Å²) in [6, 6.07) is 3.09. The van der Waals surface area contributed by atoms with Crippen molar-refractivity contribution in [3.05, 3.63) is 22.7 Å². The summed E-state index contributed by atoms with van der Waals surface area (Å²) in [5.41, 5.74) is 0. The van der Waals surface area contributed by atoms with Crippen LogP contribution >= 0.6 is 15.9 Å². The highest BCUT2D eigenvalue weighted by molar-refractivity contribution is 9.10. The Labute approximate surface area is 126 Å². The maximum Gasteiger partial charge on any atom is 0.321 e. The predicted molar refractivity (Wildman–Crippen MR) is 77.3 cm³/mol. The summed E-state index contributed by atoms with van der Waals surface area (Å²) in [5.74, 6) is -0.699. The van der Waals surface area contributed by atoms with Crippen LogP contribution < -0.4 is 9.46 Å². The molecule has 112 valence electrons. The van der Waals surface area contributed by atoms with Crippen LogP contribution in [0, 0.1) is 0 Å². The van der Waals surface area contributed by atoms with E-state index in [0.29, 0.717) is 16.6 Å². The van der Waals surface area contributed by atoms with Crippen molar-refractivity contribution in [1.29, 1.82) is 0 Å². The normalized spacial score (nSPS) is 12.9. The maximum absolute atomic E-state index is 12.1. The summed E-state index contributed by atoms with van der Waals surface area (Å²) in [6.07, 6.45) is 0.789. The zero-order valence-corrected chi connectivity index (χ0v) is 13.5. The van der Waals surface area contributed by atoms with E-state index in [-0.39, 0.29) is 11.3 Å². The van der Waals surface area contributed by atoms with E-state index in [2.05, 4.69) is 20.7 Å². The van der Waals surface area contributed by atoms with Gasteiger partial charge in [-0.3, -0.25) is 4.79 Å². The van der Waals surface area contributed by atoms with Crippen molar-refractivity contribution in [1.82, 2.24) is 4.72 Å². The largest absolute Gasteiger partial charge is 0.496 e. The number of benzene rings is 1. The number of aliphatic carboxylic acids is 1. The third-order valence-electron chi connectivity index (χ3n) is 2.61. The molecule has 8 heteroatoms. The fourth-order valence-corrected chi connectivity index (χ4v) is 3.53. The first-order valence-corrected chi connectivity index (χ1v) is 8.18. The van der Waals surface area contributed by atoms with Crippen molar-refractivity contribution in [3.8, 4) is 5.75 Å². The number of halogens is 1. The van der Waals surface area contributed by atoms with Crippen LogP contribution in [-0.2, 0) is 14.8 Å². The Hall–Kier alpha value is -1.12. The molecule has 0 radical (unpaired) electrons. The lowest BCUT2D eigenvalue weighted by Crippen LogP contribution is -2.40. The summed E-state index contributed by atoms with van der Waals surface area (Å²) < 4.78 is 32.0. The number of hydrogen-bond donors (Lipinski definition) is 2. The summed E-state index contributed by atoms with van der Waals surface area (Å²) >= 11 is 3.19. The molecule has 0 aromatic heterocycles. The molecule has 1 rings (SSSR count). The van der Waals surface area contributed by atoms with Gasteiger partial charge in [0, 0.05) is 0 Å². The van der Waals surface area contributed by atoms with Crippen LogP contribution in [0.5, 0.6) is 5.75 Å². The van der Waals surface area contributed by atoms with Gasteiger partial charge in [-0.05, 0) is 40.5 Å². The van der Waals surface area contributed by atoms with Crippen LogP contribution in [-0.4, -0.2) is 32.6 Å². The van der Waals surface area contributed by atoms with Crippen LogP contribution in [0.1, 0.15) is 19.8 Å². The average molecular weight is 366 g/mol. The first-order valence-electron chi connectivity index (χ1n) is 5.90. The molecule has 0 unspecified atom stereocenters. The van der Waals surface area contributed by atoms with Gasteiger partial charge in [-0.15, -0.1) is 0 Å². The smallest absolute Gasteiger partial charge is 0.321 e. The lowest BCUT2D eigenvalue weighted by Gasteiger charge is -2.14. The second-order valence-electron chi connectivity index (χ2n) is 4.10. The Balaban J connectivity index is 3.04. The van der Waals surface area contributed by atoms with E-state index in [1.165, 1.54) is 25.3 Å². The molecule has 0 bridgehead atoms. The van der Waals surface area contributed by atoms with E-state index in [1.807, 2.05) is 0 Å². The number of carboxylic acids is 1.